The van der Waals surface area contributed by atoms with E-state index in [1.54, 1.807) is 0 Å². The van der Waals surface area contributed by atoms with Gasteiger partial charge in [0.25, 0.3) is 5.88 Å². The van der Waals surface area contributed by atoms with Crippen LogP contribution in [0, 0.1) is 16.0 Å². The van der Waals surface area contributed by atoms with Crippen LogP contribution in [0.2, 0.25) is 0 Å². The Morgan fingerprint density at radius 3 is 2.79 bits per heavy atom. The summed E-state index contributed by atoms with van der Waals surface area (Å²) in [6, 6.07) is 0. The van der Waals surface area contributed by atoms with Gasteiger partial charge in [0.05, 0.1) is 11.5 Å². The molecule has 0 saturated carbocycles. The van der Waals surface area contributed by atoms with Crippen LogP contribution >= 0.6 is 0 Å². The Bertz CT molecular complexity index is 425. The second-order valence-electron chi connectivity index (χ2n) is 4.37. The molecule has 7 heteroatoms. The lowest BCUT2D eigenvalue weighted by molar-refractivity contribution is -0.385. The van der Waals surface area contributed by atoms with Crippen LogP contribution in [-0.4, -0.2) is 28.0 Å². The molecule has 1 heterocycles. The molecule has 0 aliphatic heterocycles. The highest BCUT2D eigenvalue weighted by Crippen LogP contribution is 2.30. The first kappa shape index (κ1) is 15.1. The average Bonchev–Trinajstić information content (AvgIpc) is 2.37. The number of aromatic nitrogens is 2. The number of rotatable bonds is 8. The fraction of sp³-hybridized carbons (Fsp3) is 0.667. The summed E-state index contributed by atoms with van der Waals surface area (Å²) in [5, 5.41) is 13.9. The minimum absolute atomic E-state index is 0.0268. The van der Waals surface area contributed by atoms with E-state index in [4.69, 9.17) is 4.74 Å². The van der Waals surface area contributed by atoms with Crippen LogP contribution < -0.4 is 10.1 Å². The molecule has 19 heavy (non-hydrogen) atoms. The maximum absolute atomic E-state index is 11.1. The van der Waals surface area contributed by atoms with E-state index < -0.39 is 4.92 Å². The topological polar surface area (TPSA) is 90.2 Å². The largest absolute Gasteiger partial charge is 0.472 e. The zero-order valence-corrected chi connectivity index (χ0v) is 11.5. The summed E-state index contributed by atoms with van der Waals surface area (Å²) in [4.78, 5) is 18.3. The monoisotopic (exact) mass is 268 g/mol. The van der Waals surface area contributed by atoms with Gasteiger partial charge in [0, 0.05) is 6.54 Å². The number of ether oxygens (including phenoxy) is 1. The molecule has 0 amide bonds. The molecule has 1 rings (SSSR count). The molecule has 1 unspecified atom stereocenters. The highest BCUT2D eigenvalue weighted by molar-refractivity contribution is 5.60. The Morgan fingerprint density at radius 2 is 2.21 bits per heavy atom. The minimum Gasteiger partial charge on any atom is -0.472 e. The van der Waals surface area contributed by atoms with Crippen LogP contribution in [0.3, 0.4) is 0 Å². The van der Waals surface area contributed by atoms with Gasteiger partial charge in [-0.15, -0.1) is 0 Å². The summed E-state index contributed by atoms with van der Waals surface area (Å²) in [5.41, 5.74) is -0.201. The summed E-state index contributed by atoms with van der Waals surface area (Å²) in [7, 11) is 0. The molecular formula is C12H20N4O3. The molecule has 0 aromatic carbocycles. The summed E-state index contributed by atoms with van der Waals surface area (Å²) in [5.74, 6) is 0.557. The van der Waals surface area contributed by atoms with Gasteiger partial charge in [0.15, 0.2) is 0 Å². The van der Waals surface area contributed by atoms with Crippen molar-refractivity contribution < 1.29 is 9.66 Å². The van der Waals surface area contributed by atoms with E-state index in [2.05, 4.69) is 22.2 Å². The lowest BCUT2D eigenvalue weighted by Gasteiger charge is -2.12. The highest BCUT2D eigenvalue weighted by atomic mass is 16.6. The van der Waals surface area contributed by atoms with Crippen molar-refractivity contribution in [1.82, 2.24) is 9.97 Å². The number of nitrogens with one attached hydrogen (secondary N) is 1. The molecule has 1 aromatic heterocycles. The number of anilines is 1. The fourth-order valence-corrected chi connectivity index (χ4v) is 1.73. The van der Waals surface area contributed by atoms with Gasteiger partial charge >= 0.3 is 5.69 Å². The number of nitrogens with zero attached hydrogens (tertiary/aromatic N) is 3. The van der Waals surface area contributed by atoms with Crippen molar-refractivity contribution in [2.75, 3.05) is 18.5 Å². The molecule has 0 saturated heterocycles. The fourth-order valence-electron chi connectivity index (χ4n) is 1.73. The molecule has 1 atom stereocenters. The molecule has 106 valence electrons. The van der Waals surface area contributed by atoms with E-state index in [1.807, 2.05) is 13.8 Å². The van der Waals surface area contributed by atoms with Crippen LogP contribution in [0.5, 0.6) is 5.88 Å². The van der Waals surface area contributed by atoms with Crippen molar-refractivity contribution in [3.05, 3.63) is 16.4 Å². The lowest BCUT2D eigenvalue weighted by Crippen LogP contribution is -2.12. The Kier molecular flexibility index (Phi) is 5.98. The third-order valence-corrected chi connectivity index (χ3v) is 2.60. The molecule has 0 aliphatic carbocycles. The molecule has 0 radical (unpaired) electrons. The van der Waals surface area contributed by atoms with Crippen LogP contribution in [0.1, 0.15) is 33.6 Å². The molecule has 7 nitrogen and oxygen atoms in total. The number of hydrogen-bond donors (Lipinski definition) is 1. The predicted octanol–water partition coefficient (Wildman–Crippen LogP) is 2.63. The van der Waals surface area contributed by atoms with Gasteiger partial charge in [0.2, 0.25) is 5.82 Å². The van der Waals surface area contributed by atoms with E-state index in [0.29, 0.717) is 19.1 Å². The van der Waals surface area contributed by atoms with Crippen molar-refractivity contribution in [1.29, 1.82) is 0 Å². The third-order valence-electron chi connectivity index (χ3n) is 2.60. The zero-order chi connectivity index (χ0) is 14.3. The van der Waals surface area contributed by atoms with E-state index >= 15 is 0 Å². The zero-order valence-electron chi connectivity index (χ0n) is 11.5. The third kappa shape index (κ3) is 4.35. The van der Waals surface area contributed by atoms with Crippen LogP contribution in [0.15, 0.2) is 6.33 Å². The molecular weight excluding hydrogens is 248 g/mol. The average molecular weight is 268 g/mol. The van der Waals surface area contributed by atoms with Crippen molar-refractivity contribution in [3.63, 3.8) is 0 Å². The smallest absolute Gasteiger partial charge is 0.372 e. The van der Waals surface area contributed by atoms with Crippen LogP contribution in [0.25, 0.3) is 0 Å². The first-order valence-electron chi connectivity index (χ1n) is 6.46. The Balaban J connectivity index is 2.87. The second kappa shape index (κ2) is 7.50. The molecule has 0 aliphatic rings. The van der Waals surface area contributed by atoms with Crippen molar-refractivity contribution >= 4 is 11.5 Å². The molecule has 1 aromatic rings. The summed E-state index contributed by atoms with van der Waals surface area (Å²) in [6.45, 7) is 6.94. The summed E-state index contributed by atoms with van der Waals surface area (Å²) in [6.07, 6.45) is 3.34. The Labute approximate surface area is 112 Å². The first-order valence-corrected chi connectivity index (χ1v) is 6.46. The van der Waals surface area contributed by atoms with E-state index in [9.17, 15) is 10.1 Å². The van der Waals surface area contributed by atoms with Crippen molar-refractivity contribution in [3.8, 4) is 5.88 Å². The van der Waals surface area contributed by atoms with Crippen molar-refractivity contribution in [2.45, 2.75) is 33.6 Å². The van der Waals surface area contributed by atoms with Crippen molar-refractivity contribution in [2.24, 2.45) is 5.92 Å². The number of nitro groups is 1. The van der Waals surface area contributed by atoms with E-state index in [0.717, 1.165) is 12.8 Å². The van der Waals surface area contributed by atoms with Crippen LogP contribution in [-0.2, 0) is 0 Å². The van der Waals surface area contributed by atoms with Gasteiger partial charge in [-0.25, -0.2) is 4.98 Å². The normalized spacial score (nSPS) is 11.9. The second-order valence-corrected chi connectivity index (χ2v) is 4.37. The van der Waals surface area contributed by atoms with Gasteiger partial charge in [-0.2, -0.15) is 4.98 Å². The SMILES string of the molecule is CCCC(C)COc1ncnc(NCC)c1[N+](=O)[O-]. The first-order chi connectivity index (χ1) is 9.10. The molecule has 0 spiro atoms. The summed E-state index contributed by atoms with van der Waals surface area (Å²) < 4.78 is 5.47. The van der Waals surface area contributed by atoms with Crippen LogP contribution in [0.4, 0.5) is 11.5 Å². The van der Waals surface area contributed by atoms with E-state index in [-0.39, 0.29) is 17.4 Å². The van der Waals surface area contributed by atoms with E-state index in [1.165, 1.54) is 6.33 Å². The van der Waals surface area contributed by atoms with Gasteiger partial charge in [0.1, 0.15) is 6.33 Å². The molecule has 0 bridgehead atoms. The van der Waals surface area contributed by atoms with Gasteiger partial charge in [-0.1, -0.05) is 20.3 Å². The number of hydrogen-bond acceptors (Lipinski definition) is 6. The maximum Gasteiger partial charge on any atom is 0.372 e. The predicted molar refractivity (Wildman–Crippen MR) is 72.4 cm³/mol. The molecule has 1 N–H and O–H groups in total. The highest BCUT2D eigenvalue weighted by Gasteiger charge is 2.24. The Hall–Kier alpha value is -1.92. The van der Waals surface area contributed by atoms with Gasteiger partial charge in [-0.05, 0) is 19.3 Å². The standard InChI is InChI=1S/C12H20N4O3/c1-4-6-9(3)7-19-12-10(16(17)18)11(13-5-2)14-8-15-12/h8-9H,4-7H2,1-3H3,(H,13,14,15). The van der Waals surface area contributed by atoms with Gasteiger partial charge < -0.3 is 10.1 Å². The lowest BCUT2D eigenvalue weighted by atomic mass is 10.1. The van der Waals surface area contributed by atoms with Gasteiger partial charge in [-0.3, -0.25) is 10.1 Å². The maximum atomic E-state index is 11.1. The Morgan fingerprint density at radius 1 is 1.47 bits per heavy atom. The quantitative estimate of drug-likeness (QED) is 0.575. The molecule has 0 fully saturated rings. The minimum atomic E-state index is -0.516. The summed E-state index contributed by atoms with van der Waals surface area (Å²) >= 11 is 0.